The van der Waals surface area contributed by atoms with Crippen LogP contribution in [0, 0.1) is 0 Å². The van der Waals surface area contributed by atoms with Crippen molar-refractivity contribution < 1.29 is 19.1 Å². The summed E-state index contributed by atoms with van der Waals surface area (Å²) in [6, 6.07) is 15.7. The number of hydrogen-bond acceptors (Lipinski definition) is 8. The Labute approximate surface area is 241 Å². The number of methoxy groups -OCH3 is 1. The Morgan fingerprint density at radius 3 is 2.59 bits per heavy atom. The summed E-state index contributed by atoms with van der Waals surface area (Å²) in [5.41, 5.74) is 2.85. The highest BCUT2D eigenvalue weighted by atomic mass is 32.2. The normalized spacial score (nSPS) is 17.8. The van der Waals surface area contributed by atoms with Crippen molar-refractivity contribution in [1.29, 1.82) is 0 Å². The second-order valence-electron chi connectivity index (χ2n) is 10.5. The number of amides is 1. The third-order valence-corrected chi connectivity index (χ3v) is 7.91. The lowest BCUT2D eigenvalue weighted by Gasteiger charge is -2.21. The van der Waals surface area contributed by atoms with E-state index < -0.39 is 5.60 Å². The minimum absolute atomic E-state index is 0.163. The molecular formula is C30H41N3O4S2. The number of nitrogens with one attached hydrogen (secondary N) is 3. The minimum Gasteiger partial charge on any atom is -0.500 e. The van der Waals surface area contributed by atoms with E-state index in [0.717, 1.165) is 42.0 Å². The molecule has 3 rings (SSSR count). The fourth-order valence-electron chi connectivity index (χ4n) is 4.31. The Morgan fingerprint density at radius 2 is 1.92 bits per heavy atom. The summed E-state index contributed by atoms with van der Waals surface area (Å²) in [5, 5.41) is 10.1. The fourth-order valence-corrected chi connectivity index (χ4v) is 5.86. The molecule has 3 atom stereocenters. The van der Waals surface area contributed by atoms with Crippen molar-refractivity contribution in [2.24, 2.45) is 0 Å². The van der Waals surface area contributed by atoms with E-state index in [9.17, 15) is 9.59 Å². The monoisotopic (exact) mass is 571 g/mol. The minimum atomic E-state index is -0.482. The third kappa shape index (κ3) is 9.81. The first-order chi connectivity index (χ1) is 18.6. The summed E-state index contributed by atoms with van der Waals surface area (Å²) in [4.78, 5) is 25.6. The molecule has 39 heavy (non-hydrogen) atoms. The second kappa shape index (κ2) is 14.7. The van der Waals surface area contributed by atoms with E-state index in [-0.39, 0.29) is 28.5 Å². The molecule has 0 aromatic heterocycles. The van der Waals surface area contributed by atoms with E-state index in [1.54, 1.807) is 18.9 Å². The molecule has 0 radical (unpaired) electrons. The van der Waals surface area contributed by atoms with Gasteiger partial charge in [-0.05, 0) is 86.7 Å². The number of anilines is 1. The highest BCUT2D eigenvalue weighted by Crippen LogP contribution is 2.29. The van der Waals surface area contributed by atoms with Crippen molar-refractivity contribution in [3.05, 3.63) is 66.4 Å². The fraction of sp³-hybridized carbons (Fsp3) is 0.467. The number of carbonyl (C=O) groups excluding carboxylic acids is 2. The van der Waals surface area contributed by atoms with Crippen molar-refractivity contribution in [2.45, 2.75) is 56.5 Å². The van der Waals surface area contributed by atoms with E-state index in [1.165, 1.54) is 11.8 Å². The molecule has 1 aliphatic heterocycles. The summed E-state index contributed by atoms with van der Waals surface area (Å²) in [7, 11) is 1.58. The van der Waals surface area contributed by atoms with Crippen LogP contribution in [0.4, 0.5) is 10.5 Å². The molecule has 1 heterocycles. The molecule has 1 fully saturated rings. The second-order valence-corrected chi connectivity index (χ2v) is 12.8. The van der Waals surface area contributed by atoms with Crippen LogP contribution in [0.25, 0.3) is 11.1 Å². The summed E-state index contributed by atoms with van der Waals surface area (Å²) < 4.78 is 10.8. The van der Waals surface area contributed by atoms with Crippen LogP contribution in [-0.2, 0) is 9.47 Å². The van der Waals surface area contributed by atoms with Gasteiger partial charge in [0.05, 0.1) is 13.2 Å². The Bertz CT molecular complexity index is 1120. The largest absolute Gasteiger partial charge is 0.500 e. The van der Waals surface area contributed by atoms with Gasteiger partial charge in [0.2, 0.25) is 0 Å². The number of benzene rings is 2. The predicted molar refractivity (Wildman–Crippen MR) is 165 cm³/mol. The van der Waals surface area contributed by atoms with Crippen molar-refractivity contribution in [2.75, 3.05) is 37.5 Å². The number of thioether (sulfide) groups is 2. The molecule has 3 N–H and O–H groups in total. The van der Waals surface area contributed by atoms with Crippen LogP contribution < -0.4 is 16.0 Å². The highest BCUT2D eigenvalue weighted by Gasteiger charge is 2.29. The maximum absolute atomic E-state index is 13.4. The molecule has 7 nitrogen and oxygen atoms in total. The summed E-state index contributed by atoms with van der Waals surface area (Å²) in [5.74, 6) is 1.27. The average molecular weight is 572 g/mol. The third-order valence-electron chi connectivity index (χ3n) is 6.30. The van der Waals surface area contributed by atoms with Gasteiger partial charge in [-0.25, -0.2) is 4.79 Å². The maximum atomic E-state index is 13.4. The van der Waals surface area contributed by atoms with Gasteiger partial charge < -0.3 is 25.4 Å². The highest BCUT2D eigenvalue weighted by molar-refractivity contribution is 8.13. The number of rotatable bonds is 12. The Morgan fingerprint density at radius 1 is 1.18 bits per heavy atom. The van der Waals surface area contributed by atoms with E-state index in [1.807, 2.05) is 75.6 Å². The van der Waals surface area contributed by atoms with Crippen LogP contribution in [0.3, 0.4) is 0 Å². The average Bonchev–Trinajstić information content (AvgIpc) is 3.35. The first-order valence-corrected chi connectivity index (χ1v) is 15.5. The zero-order valence-electron chi connectivity index (χ0n) is 23.5. The van der Waals surface area contributed by atoms with E-state index in [0.29, 0.717) is 17.9 Å². The Kier molecular flexibility index (Phi) is 11.6. The Hall–Kier alpha value is -2.62. The summed E-state index contributed by atoms with van der Waals surface area (Å²) >= 11 is 2.98. The van der Waals surface area contributed by atoms with Crippen LogP contribution in [0.15, 0.2) is 60.9 Å². The van der Waals surface area contributed by atoms with Crippen LogP contribution in [0.1, 0.15) is 44.0 Å². The van der Waals surface area contributed by atoms with E-state index in [2.05, 4.69) is 22.5 Å². The van der Waals surface area contributed by atoms with Gasteiger partial charge in [0.1, 0.15) is 11.4 Å². The molecule has 1 aliphatic rings. The van der Waals surface area contributed by atoms with Crippen LogP contribution in [-0.4, -0.2) is 66.4 Å². The van der Waals surface area contributed by atoms with Crippen LogP contribution in [0.5, 0.6) is 0 Å². The predicted octanol–water partition coefficient (Wildman–Crippen LogP) is 6.18. The van der Waals surface area contributed by atoms with Gasteiger partial charge in [0.15, 0.2) is 0 Å². The molecule has 0 bridgehead atoms. The summed E-state index contributed by atoms with van der Waals surface area (Å²) in [6.07, 6.45) is 3.64. The smallest absolute Gasteiger partial charge is 0.368 e. The summed E-state index contributed by atoms with van der Waals surface area (Å²) in [6.45, 7) is 11.1. The molecule has 1 saturated heterocycles. The van der Waals surface area contributed by atoms with Gasteiger partial charge in [0.25, 0.3) is 5.91 Å². The standard InChI is InChI=1S/C30H41N3O4S2/c1-20(36-5)27(14-15-38-6)33-28(34)25-13-12-22(17-26(25)21-10-8-7-9-11-21)31-18-23-16-24(19-32-23)39-29(35)37-30(2,3)4/h7-13,17,23-24,27,31-32H,1,14-16,18-19H2,2-6H3,(H,33,34)/t23-,24?,27?/m0/s1. The maximum Gasteiger partial charge on any atom is 0.368 e. The van der Waals surface area contributed by atoms with E-state index >= 15 is 0 Å². The van der Waals surface area contributed by atoms with Gasteiger partial charge in [-0.3, -0.25) is 4.79 Å². The Balaban J connectivity index is 1.69. The first-order valence-electron chi connectivity index (χ1n) is 13.2. The van der Waals surface area contributed by atoms with Crippen LogP contribution in [0.2, 0.25) is 0 Å². The zero-order valence-corrected chi connectivity index (χ0v) is 25.2. The molecule has 0 aliphatic carbocycles. The molecule has 2 unspecified atom stereocenters. The topological polar surface area (TPSA) is 88.7 Å². The van der Waals surface area contributed by atoms with Gasteiger partial charge in [-0.15, -0.1) is 0 Å². The van der Waals surface area contributed by atoms with Gasteiger partial charge in [0, 0.05) is 35.6 Å². The lowest BCUT2D eigenvalue weighted by Crippen LogP contribution is -2.37. The molecule has 2 aromatic carbocycles. The molecule has 9 heteroatoms. The first kappa shape index (κ1) is 30.9. The quantitative estimate of drug-likeness (QED) is 0.206. The molecule has 1 amide bonds. The number of carbonyl (C=O) groups is 2. The van der Waals surface area contributed by atoms with Gasteiger partial charge in [-0.1, -0.05) is 36.9 Å². The zero-order chi connectivity index (χ0) is 28.4. The van der Waals surface area contributed by atoms with Crippen molar-refractivity contribution in [3.8, 4) is 11.1 Å². The molecule has 212 valence electrons. The SMILES string of the molecule is C=C(OC)C(CCSC)NC(=O)c1ccc(NC[C@@H]2CC(SC(=O)OC(C)(C)C)CN2)cc1-c1ccccc1. The van der Waals surface area contributed by atoms with Crippen molar-refractivity contribution >= 4 is 40.4 Å². The van der Waals surface area contributed by atoms with Crippen molar-refractivity contribution in [1.82, 2.24) is 10.6 Å². The number of ether oxygens (including phenoxy) is 2. The van der Waals surface area contributed by atoms with E-state index in [4.69, 9.17) is 9.47 Å². The number of hydrogen-bond donors (Lipinski definition) is 3. The lowest BCUT2D eigenvalue weighted by molar-refractivity contribution is 0.0736. The molecule has 2 aromatic rings. The molecule has 0 spiro atoms. The van der Waals surface area contributed by atoms with Gasteiger partial charge >= 0.3 is 5.30 Å². The van der Waals surface area contributed by atoms with Crippen LogP contribution >= 0.6 is 23.5 Å². The lowest BCUT2D eigenvalue weighted by atomic mass is 9.97. The van der Waals surface area contributed by atoms with Crippen molar-refractivity contribution in [3.63, 3.8) is 0 Å². The molecule has 0 saturated carbocycles. The molecular weight excluding hydrogens is 530 g/mol. The van der Waals surface area contributed by atoms with Gasteiger partial charge in [-0.2, -0.15) is 11.8 Å².